The first-order valence-electron chi connectivity index (χ1n) is 14.6. The first kappa shape index (κ1) is 33.6. The van der Waals surface area contributed by atoms with Crippen LogP contribution in [0.3, 0.4) is 0 Å². The van der Waals surface area contributed by atoms with Crippen LogP contribution in [0.5, 0.6) is 5.75 Å². The Hall–Kier alpha value is -4.34. The van der Waals surface area contributed by atoms with Gasteiger partial charge in [0.2, 0.25) is 11.8 Å². The summed E-state index contributed by atoms with van der Waals surface area (Å²) >= 11 is 6.22. The molecule has 0 unspecified atom stereocenters. The minimum absolute atomic E-state index is 0.0323. The molecule has 0 saturated heterocycles. The van der Waals surface area contributed by atoms with Crippen molar-refractivity contribution in [3.63, 3.8) is 0 Å². The Kier molecular flexibility index (Phi) is 11.3. The van der Waals surface area contributed by atoms with Gasteiger partial charge in [-0.15, -0.1) is 0 Å². The van der Waals surface area contributed by atoms with Crippen molar-refractivity contribution in [2.24, 2.45) is 0 Å². The molecule has 10 heteroatoms. The highest BCUT2D eigenvalue weighted by Crippen LogP contribution is 2.30. The van der Waals surface area contributed by atoms with E-state index in [4.69, 9.17) is 16.3 Å². The van der Waals surface area contributed by atoms with Crippen molar-refractivity contribution in [1.29, 1.82) is 0 Å². The van der Waals surface area contributed by atoms with Crippen molar-refractivity contribution in [3.8, 4) is 5.75 Å². The highest BCUT2D eigenvalue weighted by molar-refractivity contribution is 7.92. The minimum atomic E-state index is -4.20. The van der Waals surface area contributed by atoms with Crippen LogP contribution in [0.1, 0.15) is 30.5 Å². The quantitative estimate of drug-likeness (QED) is 0.192. The molecule has 8 nitrogen and oxygen atoms in total. The predicted octanol–water partition coefficient (Wildman–Crippen LogP) is 6.02. The molecule has 0 aromatic heterocycles. The van der Waals surface area contributed by atoms with E-state index < -0.39 is 28.5 Å². The first-order chi connectivity index (χ1) is 21.5. The van der Waals surface area contributed by atoms with E-state index >= 15 is 0 Å². The summed E-state index contributed by atoms with van der Waals surface area (Å²) in [6.45, 7) is 4.93. The maximum atomic E-state index is 14.5. The fourth-order valence-electron chi connectivity index (χ4n) is 5.03. The number of carbonyl (C=O) groups excluding carboxylic acids is 2. The zero-order valence-electron chi connectivity index (χ0n) is 25.8. The molecule has 0 radical (unpaired) electrons. The van der Waals surface area contributed by atoms with E-state index in [1.54, 1.807) is 68.6 Å². The molecule has 4 aromatic rings. The van der Waals surface area contributed by atoms with E-state index in [-0.39, 0.29) is 29.8 Å². The van der Waals surface area contributed by atoms with Crippen molar-refractivity contribution in [2.45, 2.75) is 50.7 Å². The summed E-state index contributed by atoms with van der Waals surface area (Å²) in [5, 5.41) is 3.40. The summed E-state index contributed by atoms with van der Waals surface area (Å²) in [6, 6.07) is 28.3. The minimum Gasteiger partial charge on any atom is -0.497 e. The molecule has 0 fully saturated rings. The number of carbonyl (C=O) groups is 2. The second kappa shape index (κ2) is 15.1. The summed E-state index contributed by atoms with van der Waals surface area (Å²) in [4.78, 5) is 29.8. The van der Waals surface area contributed by atoms with Crippen molar-refractivity contribution in [2.75, 3.05) is 18.0 Å². The number of sulfonamides is 1. The predicted molar refractivity (Wildman–Crippen MR) is 178 cm³/mol. The summed E-state index contributed by atoms with van der Waals surface area (Å²) in [5.74, 6) is -0.298. The van der Waals surface area contributed by atoms with Crippen LogP contribution in [0.15, 0.2) is 108 Å². The van der Waals surface area contributed by atoms with Gasteiger partial charge in [-0.2, -0.15) is 0 Å². The van der Waals surface area contributed by atoms with E-state index in [1.807, 2.05) is 50.2 Å². The van der Waals surface area contributed by atoms with Gasteiger partial charge in [-0.05, 0) is 79.9 Å². The van der Waals surface area contributed by atoms with Crippen LogP contribution < -0.4 is 14.4 Å². The number of methoxy groups -OCH3 is 1. The molecule has 236 valence electrons. The lowest BCUT2D eigenvalue weighted by molar-refractivity contribution is -0.140. The third kappa shape index (κ3) is 8.65. The number of aryl methyl sites for hydroxylation is 1. The van der Waals surface area contributed by atoms with E-state index in [2.05, 4.69) is 5.32 Å². The fourth-order valence-corrected chi connectivity index (χ4v) is 6.76. The molecular weight excluding hydrogens is 610 g/mol. The summed E-state index contributed by atoms with van der Waals surface area (Å²) in [6.07, 6.45) is 0.223. The van der Waals surface area contributed by atoms with E-state index in [0.717, 1.165) is 15.4 Å². The monoisotopic (exact) mass is 647 g/mol. The molecular formula is C35H38ClN3O5S. The van der Waals surface area contributed by atoms with Gasteiger partial charge in [-0.3, -0.25) is 13.9 Å². The van der Waals surface area contributed by atoms with Crippen LogP contribution in [-0.4, -0.2) is 50.9 Å². The number of rotatable bonds is 13. The standard InChI is InChI=1S/C35H38ClN3O5S/c1-25(2)37-35(41)33(22-27-12-7-5-8-13-27)38(23-28-14-11-15-30(21-28)44-4)34(40)24-39(32-19-18-29(36)20-26(32)3)45(42,43)31-16-9-6-10-17-31/h5-21,25,33H,22-24H2,1-4H3,(H,37,41)/t33-/m0/s1. The molecule has 1 N–H and O–H groups in total. The maximum Gasteiger partial charge on any atom is 0.264 e. The van der Waals surface area contributed by atoms with Crippen molar-refractivity contribution in [3.05, 3.63) is 125 Å². The second-order valence-electron chi connectivity index (χ2n) is 11.0. The Labute approximate surface area is 270 Å². The fraction of sp³-hybridized carbons (Fsp3) is 0.257. The van der Waals surface area contributed by atoms with Crippen LogP contribution in [0.2, 0.25) is 5.02 Å². The van der Waals surface area contributed by atoms with Crippen LogP contribution >= 0.6 is 11.6 Å². The molecule has 4 rings (SSSR count). The molecule has 0 aliphatic rings. The molecule has 0 aliphatic heterocycles. The van der Waals surface area contributed by atoms with Crippen molar-refractivity contribution >= 4 is 39.1 Å². The third-order valence-electron chi connectivity index (χ3n) is 7.23. The number of nitrogens with one attached hydrogen (secondary N) is 1. The molecule has 1 atom stereocenters. The molecule has 45 heavy (non-hydrogen) atoms. The topological polar surface area (TPSA) is 96.0 Å². The van der Waals surface area contributed by atoms with Gasteiger partial charge < -0.3 is 15.0 Å². The Bertz CT molecular complexity index is 1720. The average Bonchev–Trinajstić information content (AvgIpc) is 3.02. The molecule has 0 bridgehead atoms. The van der Waals surface area contributed by atoms with Crippen LogP contribution in [-0.2, 0) is 32.6 Å². The lowest BCUT2D eigenvalue weighted by atomic mass is 10.0. The number of benzene rings is 4. The lowest BCUT2D eigenvalue weighted by Crippen LogP contribution is -2.54. The maximum absolute atomic E-state index is 14.5. The van der Waals surface area contributed by atoms with Crippen molar-refractivity contribution in [1.82, 2.24) is 10.2 Å². The van der Waals surface area contributed by atoms with Gasteiger partial charge in [0.25, 0.3) is 10.0 Å². The van der Waals surface area contributed by atoms with Crippen LogP contribution in [0.4, 0.5) is 5.69 Å². The second-order valence-corrected chi connectivity index (χ2v) is 13.3. The van der Waals surface area contributed by atoms with E-state index in [1.165, 1.54) is 17.0 Å². The summed E-state index contributed by atoms with van der Waals surface area (Å²) < 4.78 is 34.8. The van der Waals surface area contributed by atoms with Gasteiger partial charge in [0.1, 0.15) is 18.3 Å². The molecule has 0 aliphatic carbocycles. The zero-order chi connectivity index (χ0) is 32.6. The first-order valence-corrected chi connectivity index (χ1v) is 16.4. The van der Waals surface area contributed by atoms with Gasteiger partial charge in [-0.1, -0.05) is 72.3 Å². The Morgan fingerprint density at radius 1 is 0.867 bits per heavy atom. The SMILES string of the molecule is COc1cccc(CN(C(=O)CN(c2ccc(Cl)cc2C)S(=O)(=O)c2ccccc2)[C@@H](Cc2ccccc2)C(=O)NC(C)C)c1. The van der Waals surface area contributed by atoms with Crippen LogP contribution in [0, 0.1) is 6.92 Å². The van der Waals surface area contributed by atoms with E-state index in [0.29, 0.717) is 22.0 Å². The number of anilines is 1. The van der Waals surface area contributed by atoms with Gasteiger partial charge in [-0.25, -0.2) is 8.42 Å². The smallest absolute Gasteiger partial charge is 0.264 e. The lowest BCUT2D eigenvalue weighted by Gasteiger charge is -2.34. The average molecular weight is 648 g/mol. The molecule has 4 aromatic carbocycles. The summed E-state index contributed by atoms with van der Waals surface area (Å²) in [7, 11) is -2.65. The third-order valence-corrected chi connectivity index (χ3v) is 9.24. The number of hydrogen-bond donors (Lipinski definition) is 1. The molecule has 0 heterocycles. The Morgan fingerprint density at radius 3 is 2.13 bits per heavy atom. The summed E-state index contributed by atoms with van der Waals surface area (Å²) in [5.41, 5.74) is 2.46. The Morgan fingerprint density at radius 2 is 1.51 bits per heavy atom. The van der Waals surface area contributed by atoms with Crippen molar-refractivity contribution < 1.29 is 22.7 Å². The number of ether oxygens (including phenoxy) is 1. The number of amides is 2. The molecule has 0 spiro atoms. The van der Waals surface area contributed by atoms with Crippen LogP contribution in [0.25, 0.3) is 0 Å². The van der Waals surface area contributed by atoms with Gasteiger partial charge in [0.05, 0.1) is 17.7 Å². The zero-order valence-corrected chi connectivity index (χ0v) is 27.4. The number of halogens is 1. The Balaban J connectivity index is 1.83. The highest BCUT2D eigenvalue weighted by Gasteiger charge is 2.35. The highest BCUT2D eigenvalue weighted by atomic mass is 35.5. The number of nitrogens with zero attached hydrogens (tertiary/aromatic N) is 2. The largest absolute Gasteiger partial charge is 0.497 e. The van der Waals surface area contributed by atoms with Gasteiger partial charge in [0, 0.05) is 24.0 Å². The molecule has 0 saturated carbocycles. The van der Waals surface area contributed by atoms with E-state index in [9.17, 15) is 18.0 Å². The number of hydrogen-bond acceptors (Lipinski definition) is 5. The van der Waals surface area contributed by atoms with Gasteiger partial charge in [0.15, 0.2) is 0 Å². The molecule has 2 amide bonds. The van der Waals surface area contributed by atoms with Gasteiger partial charge >= 0.3 is 0 Å². The normalized spacial score (nSPS) is 12.0.